The molecule has 0 aliphatic carbocycles. The summed E-state index contributed by atoms with van der Waals surface area (Å²) in [6.07, 6.45) is 3.56. The summed E-state index contributed by atoms with van der Waals surface area (Å²) >= 11 is 0. The highest BCUT2D eigenvalue weighted by atomic mass is 16.7. The molecule has 19 heavy (non-hydrogen) atoms. The van der Waals surface area contributed by atoms with Crippen molar-refractivity contribution in [2.75, 3.05) is 39.4 Å². The maximum absolute atomic E-state index is 5.88. The molecule has 0 saturated carbocycles. The van der Waals surface area contributed by atoms with Gasteiger partial charge in [0.1, 0.15) is 0 Å². The van der Waals surface area contributed by atoms with Gasteiger partial charge in [0.15, 0.2) is 6.29 Å². The molecule has 3 aliphatic heterocycles. The lowest BCUT2D eigenvalue weighted by Crippen LogP contribution is -2.46. The van der Waals surface area contributed by atoms with Gasteiger partial charge in [-0.2, -0.15) is 0 Å². The van der Waals surface area contributed by atoms with Crippen LogP contribution in [0.5, 0.6) is 0 Å². The molecule has 3 saturated heterocycles. The fraction of sp³-hybridized carbons (Fsp3) is 1.00. The van der Waals surface area contributed by atoms with Gasteiger partial charge in [-0.15, -0.1) is 0 Å². The molecule has 3 unspecified atom stereocenters. The van der Waals surface area contributed by atoms with Gasteiger partial charge in [0.05, 0.1) is 6.61 Å². The van der Waals surface area contributed by atoms with E-state index in [9.17, 15) is 0 Å². The van der Waals surface area contributed by atoms with Crippen LogP contribution in [0.15, 0.2) is 0 Å². The fourth-order valence-corrected chi connectivity index (χ4v) is 4.02. The molecule has 3 heterocycles. The molecule has 4 nitrogen and oxygen atoms in total. The van der Waals surface area contributed by atoms with Crippen LogP contribution in [0.25, 0.3) is 0 Å². The minimum atomic E-state index is 0.0561. The Balaban J connectivity index is 1.45. The zero-order chi connectivity index (χ0) is 13.3. The highest BCUT2D eigenvalue weighted by molar-refractivity contribution is 5.04. The van der Waals surface area contributed by atoms with Crippen LogP contribution in [0.1, 0.15) is 33.1 Å². The quantitative estimate of drug-likeness (QED) is 0.837. The monoisotopic (exact) mass is 268 g/mol. The van der Waals surface area contributed by atoms with Crippen LogP contribution in [0.4, 0.5) is 0 Å². The predicted octanol–water partition coefficient (Wildman–Crippen LogP) is 1.46. The standard InChI is InChI=1S/C15H28N2O2/c1-15(2)13-10-16-9-12(13)11-17(15)6-8-19-14-5-3-4-7-18-14/h12-14,16H,3-11H2,1-2H3. The van der Waals surface area contributed by atoms with Crippen molar-refractivity contribution in [1.82, 2.24) is 10.2 Å². The second kappa shape index (κ2) is 5.68. The third-order valence-corrected chi connectivity index (χ3v) is 5.32. The molecule has 3 atom stereocenters. The van der Waals surface area contributed by atoms with Crippen molar-refractivity contribution in [1.29, 1.82) is 0 Å². The maximum Gasteiger partial charge on any atom is 0.157 e. The summed E-state index contributed by atoms with van der Waals surface area (Å²) in [5.41, 5.74) is 0.310. The Morgan fingerprint density at radius 1 is 1.32 bits per heavy atom. The molecule has 0 radical (unpaired) electrons. The molecule has 3 aliphatic rings. The van der Waals surface area contributed by atoms with Crippen LogP contribution in [0.2, 0.25) is 0 Å². The Morgan fingerprint density at radius 3 is 2.95 bits per heavy atom. The van der Waals surface area contributed by atoms with E-state index in [0.29, 0.717) is 5.54 Å². The Labute approximate surface area is 116 Å². The SMILES string of the molecule is CC1(C)C2CNCC2CN1CCOC1CCCCO1. The van der Waals surface area contributed by atoms with E-state index in [-0.39, 0.29) is 6.29 Å². The van der Waals surface area contributed by atoms with E-state index in [1.807, 2.05) is 0 Å². The summed E-state index contributed by atoms with van der Waals surface area (Å²) < 4.78 is 11.5. The van der Waals surface area contributed by atoms with E-state index < -0.39 is 0 Å². The van der Waals surface area contributed by atoms with E-state index in [1.54, 1.807) is 0 Å². The van der Waals surface area contributed by atoms with E-state index in [1.165, 1.54) is 32.5 Å². The number of likely N-dealkylation sites (tertiary alicyclic amines) is 1. The summed E-state index contributed by atoms with van der Waals surface area (Å²) in [6.45, 7) is 11.1. The molecular formula is C15H28N2O2. The largest absolute Gasteiger partial charge is 0.353 e. The van der Waals surface area contributed by atoms with Gasteiger partial charge in [0.25, 0.3) is 0 Å². The van der Waals surface area contributed by atoms with Crippen LogP contribution < -0.4 is 5.32 Å². The molecule has 1 N–H and O–H groups in total. The first-order chi connectivity index (χ1) is 9.18. The summed E-state index contributed by atoms with van der Waals surface area (Å²) in [7, 11) is 0. The first kappa shape index (κ1) is 13.8. The Hall–Kier alpha value is -0.160. The molecule has 0 bridgehead atoms. The minimum Gasteiger partial charge on any atom is -0.353 e. The van der Waals surface area contributed by atoms with Crippen LogP contribution in [-0.2, 0) is 9.47 Å². The number of fused-ring (bicyclic) bond motifs is 1. The summed E-state index contributed by atoms with van der Waals surface area (Å²) in [5.74, 6) is 1.64. The number of nitrogens with one attached hydrogen (secondary N) is 1. The van der Waals surface area contributed by atoms with Gasteiger partial charge in [0.2, 0.25) is 0 Å². The molecular weight excluding hydrogens is 240 g/mol. The van der Waals surface area contributed by atoms with Crippen LogP contribution in [0, 0.1) is 11.8 Å². The number of ether oxygens (including phenoxy) is 2. The number of hydrogen-bond donors (Lipinski definition) is 1. The van der Waals surface area contributed by atoms with E-state index >= 15 is 0 Å². The Bertz CT molecular complexity index is 303. The van der Waals surface area contributed by atoms with Gasteiger partial charge in [-0.05, 0) is 51.5 Å². The first-order valence-electron chi connectivity index (χ1n) is 7.87. The second-order valence-corrected chi connectivity index (χ2v) is 6.79. The normalized spacial score (nSPS) is 38.5. The summed E-state index contributed by atoms with van der Waals surface area (Å²) in [5, 5.41) is 3.53. The van der Waals surface area contributed by atoms with Crippen molar-refractivity contribution >= 4 is 0 Å². The molecule has 0 amide bonds. The summed E-state index contributed by atoms with van der Waals surface area (Å²) in [4.78, 5) is 2.62. The van der Waals surface area contributed by atoms with Crippen LogP contribution in [0.3, 0.4) is 0 Å². The lowest BCUT2D eigenvalue weighted by molar-refractivity contribution is -0.165. The molecule has 0 aromatic heterocycles. The van der Waals surface area contributed by atoms with Gasteiger partial charge < -0.3 is 14.8 Å². The zero-order valence-corrected chi connectivity index (χ0v) is 12.4. The number of rotatable bonds is 4. The molecule has 110 valence electrons. The lowest BCUT2D eigenvalue weighted by Gasteiger charge is -2.36. The highest BCUT2D eigenvalue weighted by Crippen LogP contribution is 2.40. The third-order valence-electron chi connectivity index (χ3n) is 5.32. The van der Waals surface area contributed by atoms with E-state index in [4.69, 9.17) is 9.47 Å². The van der Waals surface area contributed by atoms with E-state index in [0.717, 1.165) is 38.0 Å². The van der Waals surface area contributed by atoms with Crippen molar-refractivity contribution in [2.24, 2.45) is 11.8 Å². The molecule has 0 aromatic carbocycles. The van der Waals surface area contributed by atoms with Crippen LogP contribution in [-0.4, -0.2) is 56.1 Å². The smallest absolute Gasteiger partial charge is 0.157 e. The minimum absolute atomic E-state index is 0.0561. The Morgan fingerprint density at radius 2 is 2.21 bits per heavy atom. The number of hydrogen-bond acceptors (Lipinski definition) is 4. The average molecular weight is 268 g/mol. The van der Waals surface area contributed by atoms with Gasteiger partial charge in [-0.25, -0.2) is 0 Å². The maximum atomic E-state index is 5.88. The van der Waals surface area contributed by atoms with Crippen molar-refractivity contribution in [3.8, 4) is 0 Å². The highest BCUT2D eigenvalue weighted by Gasteiger charge is 2.49. The number of nitrogens with zero attached hydrogens (tertiary/aromatic N) is 1. The second-order valence-electron chi connectivity index (χ2n) is 6.79. The van der Waals surface area contributed by atoms with Gasteiger partial charge >= 0.3 is 0 Å². The molecule has 3 rings (SSSR count). The molecule has 4 heteroatoms. The van der Waals surface area contributed by atoms with E-state index in [2.05, 4.69) is 24.1 Å². The first-order valence-corrected chi connectivity index (χ1v) is 7.87. The Kier molecular flexibility index (Phi) is 4.13. The van der Waals surface area contributed by atoms with Gasteiger partial charge in [-0.3, -0.25) is 4.90 Å². The average Bonchev–Trinajstić information content (AvgIpc) is 2.95. The summed E-state index contributed by atoms with van der Waals surface area (Å²) in [6, 6.07) is 0. The lowest BCUT2D eigenvalue weighted by atomic mass is 9.85. The van der Waals surface area contributed by atoms with Crippen molar-refractivity contribution in [3.05, 3.63) is 0 Å². The topological polar surface area (TPSA) is 33.7 Å². The van der Waals surface area contributed by atoms with Gasteiger partial charge in [-0.1, -0.05) is 0 Å². The van der Waals surface area contributed by atoms with Crippen LogP contribution >= 0.6 is 0 Å². The predicted molar refractivity (Wildman–Crippen MR) is 75.0 cm³/mol. The third kappa shape index (κ3) is 2.82. The van der Waals surface area contributed by atoms with Crippen molar-refractivity contribution in [3.63, 3.8) is 0 Å². The zero-order valence-electron chi connectivity index (χ0n) is 12.4. The molecule has 3 fully saturated rings. The molecule has 0 spiro atoms. The fourth-order valence-electron chi connectivity index (χ4n) is 4.02. The van der Waals surface area contributed by atoms with Gasteiger partial charge in [0, 0.05) is 31.8 Å². The van der Waals surface area contributed by atoms with Crippen molar-refractivity contribution < 1.29 is 9.47 Å². The van der Waals surface area contributed by atoms with Crippen molar-refractivity contribution in [2.45, 2.75) is 44.9 Å². The molecule has 0 aromatic rings.